The Balaban J connectivity index is 2.85. The maximum atomic E-state index is 9.17. The van der Waals surface area contributed by atoms with Crippen LogP contribution in [0, 0.1) is 0 Å². The number of hydrogen-bond acceptors (Lipinski definition) is 5. The van der Waals surface area contributed by atoms with Gasteiger partial charge in [0.2, 0.25) is 0 Å². The molecule has 1 aromatic rings. The molecule has 1 unspecified atom stereocenters. The number of aliphatic hydroxyl groups excluding tert-OH is 1. The van der Waals surface area contributed by atoms with E-state index in [2.05, 4.69) is 10.5 Å². The Bertz CT molecular complexity index is 419. The van der Waals surface area contributed by atoms with Crippen LogP contribution in [0.25, 0.3) is 0 Å². The van der Waals surface area contributed by atoms with Crippen molar-refractivity contribution >= 4 is 5.84 Å². The molecule has 1 rings (SSSR count). The number of ether oxygens (including phenoxy) is 1. The molecule has 0 amide bonds. The minimum Gasteiger partial charge on any atom is -0.496 e. The molecule has 0 heterocycles. The summed E-state index contributed by atoms with van der Waals surface area (Å²) in [6.45, 7) is 2.72. The van der Waals surface area contributed by atoms with Crippen LogP contribution in [-0.2, 0) is 6.54 Å². The maximum Gasteiger partial charge on any atom is 0.170 e. The number of benzene rings is 1. The first kappa shape index (κ1) is 14.3. The van der Waals surface area contributed by atoms with E-state index in [-0.39, 0.29) is 5.84 Å². The van der Waals surface area contributed by atoms with Gasteiger partial charge in [-0.15, -0.1) is 0 Å². The predicted octanol–water partition coefficient (Wildman–Crippen LogP) is 0.260. The van der Waals surface area contributed by atoms with Gasteiger partial charge in [-0.1, -0.05) is 5.16 Å². The molecule has 0 spiro atoms. The van der Waals surface area contributed by atoms with E-state index in [9.17, 15) is 5.11 Å². The topological polar surface area (TPSA) is 100 Å². The zero-order chi connectivity index (χ0) is 13.5. The molecule has 0 saturated heterocycles. The first-order valence-corrected chi connectivity index (χ1v) is 5.62. The lowest BCUT2D eigenvalue weighted by Crippen LogP contribution is -2.24. The predicted molar refractivity (Wildman–Crippen MR) is 68.9 cm³/mol. The van der Waals surface area contributed by atoms with Crippen molar-refractivity contribution in [3.63, 3.8) is 0 Å². The molecule has 0 fully saturated rings. The number of rotatable bonds is 6. The molecule has 0 radical (unpaired) electrons. The van der Waals surface area contributed by atoms with Crippen LogP contribution >= 0.6 is 0 Å². The molecule has 18 heavy (non-hydrogen) atoms. The van der Waals surface area contributed by atoms with Gasteiger partial charge in [-0.05, 0) is 25.1 Å². The molecule has 0 aliphatic rings. The van der Waals surface area contributed by atoms with E-state index in [1.807, 2.05) is 0 Å². The summed E-state index contributed by atoms with van der Waals surface area (Å²) in [6.07, 6.45) is -0.414. The minimum absolute atomic E-state index is 0.0504. The molecule has 0 aromatic heterocycles. The number of nitrogens with zero attached hydrogens (tertiary/aromatic N) is 1. The number of methoxy groups -OCH3 is 1. The first-order valence-electron chi connectivity index (χ1n) is 5.62. The van der Waals surface area contributed by atoms with E-state index in [0.717, 1.165) is 5.56 Å². The van der Waals surface area contributed by atoms with Crippen LogP contribution in [0.15, 0.2) is 23.4 Å². The average Bonchev–Trinajstić information content (AvgIpc) is 2.37. The molecule has 1 atom stereocenters. The van der Waals surface area contributed by atoms with E-state index in [1.54, 1.807) is 32.2 Å². The Hall–Kier alpha value is -1.79. The van der Waals surface area contributed by atoms with Crippen molar-refractivity contribution < 1.29 is 15.1 Å². The van der Waals surface area contributed by atoms with E-state index in [4.69, 9.17) is 15.7 Å². The highest BCUT2D eigenvalue weighted by Crippen LogP contribution is 2.19. The van der Waals surface area contributed by atoms with E-state index in [1.165, 1.54) is 0 Å². The maximum absolute atomic E-state index is 9.17. The van der Waals surface area contributed by atoms with Crippen molar-refractivity contribution in [2.45, 2.75) is 19.6 Å². The van der Waals surface area contributed by atoms with Gasteiger partial charge in [-0.2, -0.15) is 0 Å². The van der Waals surface area contributed by atoms with Gasteiger partial charge >= 0.3 is 0 Å². The second-order valence-electron chi connectivity index (χ2n) is 3.99. The number of amidine groups is 1. The molecule has 0 aliphatic carbocycles. The van der Waals surface area contributed by atoms with Crippen LogP contribution in [0.5, 0.6) is 5.75 Å². The zero-order valence-electron chi connectivity index (χ0n) is 10.6. The average molecular weight is 253 g/mol. The van der Waals surface area contributed by atoms with Gasteiger partial charge in [0, 0.05) is 24.2 Å². The molecule has 100 valence electrons. The van der Waals surface area contributed by atoms with Crippen molar-refractivity contribution in [3.05, 3.63) is 29.3 Å². The molecular weight excluding hydrogens is 234 g/mol. The van der Waals surface area contributed by atoms with Crippen molar-refractivity contribution in [2.75, 3.05) is 13.7 Å². The third-order valence-electron chi connectivity index (χ3n) is 2.44. The Morgan fingerprint density at radius 3 is 2.83 bits per heavy atom. The minimum atomic E-state index is -0.414. The Kier molecular flexibility index (Phi) is 5.41. The van der Waals surface area contributed by atoms with E-state index < -0.39 is 6.10 Å². The lowest BCUT2D eigenvalue weighted by Gasteiger charge is -2.12. The summed E-state index contributed by atoms with van der Waals surface area (Å²) in [5.41, 5.74) is 7.03. The Morgan fingerprint density at radius 1 is 1.56 bits per heavy atom. The summed E-state index contributed by atoms with van der Waals surface area (Å²) in [5.74, 6) is 0.761. The highest BCUT2D eigenvalue weighted by molar-refractivity contribution is 5.97. The highest BCUT2D eigenvalue weighted by Gasteiger charge is 2.07. The summed E-state index contributed by atoms with van der Waals surface area (Å²) in [5, 5.41) is 23.9. The summed E-state index contributed by atoms with van der Waals surface area (Å²) >= 11 is 0. The number of nitrogens with two attached hydrogens (primary N) is 1. The quantitative estimate of drug-likeness (QED) is 0.252. The van der Waals surface area contributed by atoms with Crippen LogP contribution in [0.2, 0.25) is 0 Å². The second kappa shape index (κ2) is 6.83. The Morgan fingerprint density at radius 2 is 2.28 bits per heavy atom. The second-order valence-corrected chi connectivity index (χ2v) is 3.99. The van der Waals surface area contributed by atoms with Crippen LogP contribution in [0.3, 0.4) is 0 Å². The molecular formula is C12H19N3O3. The molecule has 0 saturated carbocycles. The summed E-state index contributed by atoms with van der Waals surface area (Å²) in [6, 6.07) is 5.25. The largest absolute Gasteiger partial charge is 0.496 e. The fourth-order valence-corrected chi connectivity index (χ4v) is 1.55. The van der Waals surface area contributed by atoms with Crippen molar-refractivity contribution in [2.24, 2.45) is 10.9 Å². The number of aliphatic hydroxyl groups is 1. The molecule has 6 heteroatoms. The van der Waals surface area contributed by atoms with Gasteiger partial charge in [0.1, 0.15) is 5.75 Å². The number of nitrogens with one attached hydrogen (secondary N) is 1. The van der Waals surface area contributed by atoms with E-state index in [0.29, 0.717) is 24.4 Å². The fourth-order valence-electron chi connectivity index (χ4n) is 1.55. The highest BCUT2D eigenvalue weighted by atomic mass is 16.5. The lowest BCUT2D eigenvalue weighted by atomic mass is 10.1. The molecule has 6 nitrogen and oxygen atoms in total. The van der Waals surface area contributed by atoms with Gasteiger partial charge in [-0.3, -0.25) is 0 Å². The molecule has 0 aliphatic heterocycles. The van der Waals surface area contributed by atoms with Gasteiger partial charge in [-0.25, -0.2) is 0 Å². The molecule has 1 aromatic carbocycles. The van der Waals surface area contributed by atoms with Gasteiger partial charge in [0.15, 0.2) is 5.84 Å². The summed E-state index contributed by atoms with van der Waals surface area (Å²) in [4.78, 5) is 0. The molecule has 5 N–H and O–H groups in total. The van der Waals surface area contributed by atoms with Crippen molar-refractivity contribution in [1.82, 2.24) is 5.32 Å². The van der Waals surface area contributed by atoms with Crippen LogP contribution in [-0.4, -0.2) is 35.9 Å². The van der Waals surface area contributed by atoms with E-state index >= 15 is 0 Å². The fraction of sp³-hybridized carbons (Fsp3) is 0.417. The third kappa shape index (κ3) is 3.90. The van der Waals surface area contributed by atoms with Crippen LogP contribution in [0.4, 0.5) is 0 Å². The summed E-state index contributed by atoms with van der Waals surface area (Å²) in [7, 11) is 1.58. The first-order chi connectivity index (χ1) is 8.58. The number of hydrogen-bond donors (Lipinski definition) is 4. The standard InChI is InChI=1S/C12H19N3O3/c1-8(16)6-14-7-10-5-9(12(13)15-17)3-4-11(10)18-2/h3-5,8,14,16-17H,6-7H2,1-2H3,(H2,13,15). The van der Waals surface area contributed by atoms with Crippen LogP contribution < -0.4 is 15.8 Å². The van der Waals surface area contributed by atoms with Crippen molar-refractivity contribution in [1.29, 1.82) is 0 Å². The SMILES string of the molecule is COc1ccc(/C(N)=N/O)cc1CNCC(C)O. The monoisotopic (exact) mass is 253 g/mol. The molecule has 0 bridgehead atoms. The normalized spacial score (nSPS) is 13.4. The zero-order valence-corrected chi connectivity index (χ0v) is 10.6. The van der Waals surface area contributed by atoms with Gasteiger partial charge in [0.05, 0.1) is 13.2 Å². The van der Waals surface area contributed by atoms with Crippen molar-refractivity contribution in [3.8, 4) is 5.75 Å². The number of oxime groups is 1. The smallest absolute Gasteiger partial charge is 0.170 e. The third-order valence-corrected chi connectivity index (χ3v) is 2.44. The summed E-state index contributed by atoms with van der Waals surface area (Å²) < 4.78 is 5.23. The van der Waals surface area contributed by atoms with Gasteiger partial charge in [0.25, 0.3) is 0 Å². The Labute approximate surface area is 106 Å². The van der Waals surface area contributed by atoms with Crippen LogP contribution in [0.1, 0.15) is 18.1 Å². The van der Waals surface area contributed by atoms with Gasteiger partial charge < -0.3 is 26.1 Å². The lowest BCUT2D eigenvalue weighted by molar-refractivity contribution is 0.191.